The van der Waals surface area contributed by atoms with Crippen molar-refractivity contribution in [2.45, 2.75) is 19.8 Å². The van der Waals surface area contributed by atoms with Crippen LogP contribution in [0.15, 0.2) is 72.3 Å². The van der Waals surface area contributed by atoms with Crippen molar-refractivity contribution in [3.63, 3.8) is 0 Å². The summed E-state index contributed by atoms with van der Waals surface area (Å²) in [5, 5.41) is 3.53. The molecule has 0 radical (unpaired) electrons. The third kappa shape index (κ3) is 3.63. The van der Waals surface area contributed by atoms with Crippen LogP contribution in [0.2, 0.25) is 0 Å². The van der Waals surface area contributed by atoms with Gasteiger partial charge in [-0.25, -0.2) is 0 Å². The summed E-state index contributed by atoms with van der Waals surface area (Å²) in [5.41, 5.74) is 6.63. The first-order valence-electron chi connectivity index (χ1n) is 7.57. The molecule has 1 aliphatic carbocycles. The number of allylic oxidation sites excluding steroid dienone is 3. The molecule has 2 aromatic carbocycles. The van der Waals surface area contributed by atoms with Crippen molar-refractivity contribution in [1.29, 1.82) is 0 Å². The summed E-state index contributed by atoms with van der Waals surface area (Å²) >= 11 is 0. The number of anilines is 1. The molecule has 1 nitrogen and oxygen atoms in total. The molecule has 2 aromatic rings. The van der Waals surface area contributed by atoms with Gasteiger partial charge in [0.25, 0.3) is 0 Å². The average molecular weight is 275 g/mol. The van der Waals surface area contributed by atoms with Crippen molar-refractivity contribution in [2.24, 2.45) is 0 Å². The lowest BCUT2D eigenvalue weighted by Crippen LogP contribution is -2.07. The van der Waals surface area contributed by atoms with E-state index in [2.05, 4.69) is 79.0 Å². The van der Waals surface area contributed by atoms with Crippen molar-refractivity contribution in [1.82, 2.24) is 0 Å². The predicted octanol–water partition coefficient (Wildman–Crippen LogP) is 5.21. The number of rotatable bonds is 4. The van der Waals surface area contributed by atoms with Crippen LogP contribution in [0.1, 0.15) is 24.0 Å². The molecule has 1 aliphatic rings. The quantitative estimate of drug-likeness (QED) is 0.807. The molecular weight excluding hydrogens is 254 g/mol. The molecule has 0 unspecified atom stereocenters. The van der Waals surface area contributed by atoms with E-state index < -0.39 is 0 Å². The molecule has 0 saturated carbocycles. The van der Waals surface area contributed by atoms with Gasteiger partial charge in [0.15, 0.2) is 0 Å². The van der Waals surface area contributed by atoms with E-state index in [0.717, 1.165) is 19.4 Å². The predicted molar refractivity (Wildman–Crippen MR) is 91.4 cm³/mol. The second-order valence-corrected chi connectivity index (χ2v) is 5.59. The summed E-state index contributed by atoms with van der Waals surface area (Å²) in [6.07, 6.45) is 6.95. The number of hydrogen-bond acceptors (Lipinski definition) is 1. The van der Waals surface area contributed by atoms with Crippen molar-refractivity contribution in [3.8, 4) is 0 Å². The van der Waals surface area contributed by atoms with Crippen LogP contribution < -0.4 is 5.32 Å². The van der Waals surface area contributed by atoms with E-state index in [0.29, 0.717) is 0 Å². The molecule has 3 rings (SSSR count). The van der Waals surface area contributed by atoms with Crippen LogP contribution in [0.3, 0.4) is 0 Å². The number of nitrogens with one attached hydrogen (secondary N) is 1. The van der Waals surface area contributed by atoms with E-state index in [9.17, 15) is 0 Å². The highest BCUT2D eigenvalue weighted by atomic mass is 14.9. The van der Waals surface area contributed by atoms with Crippen LogP contribution in [-0.2, 0) is 0 Å². The van der Waals surface area contributed by atoms with Crippen LogP contribution in [0, 0.1) is 6.92 Å². The molecule has 0 spiro atoms. The number of benzene rings is 2. The first kappa shape index (κ1) is 13.7. The minimum absolute atomic E-state index is 0.924. The van der Waals surface area contributed by atoms with Gasteiger partial charge in [-0.2, -0.15) is 0 Å². The first-order valence-corrected chi connectivity index (χ1v) is 7.57. The largest absolute Gasteiger partial charge is 0.381 e. The fraction of sp³-hybridized carbons (Fsp3) is 0.200. The maximum absolute atomic E-state index is 3.53. The fourth-order valence-corrected chi connectivity index (χ4v) is 2.71. The van der Waals surface area contributed by atoms with E-state index in [1.165, 1.54) is 28.0 Å². The van der Waals surface area contributed by atoms with Gasteiger partial charge in [-0.3, -0.25) is 0 Å². The molecule has 0 saturated heterocycles. The zero-order valence-corrected chi connectivity index (χ0v) is 12.5. The summed E-state index contributed by atoms with van der Waals surface area (Å²) in [5.74, 6) is 0. The molecule has 0 heterocycles. The normalized spacial score (nSPS) is 14.3. The van der Waals surface area contributed by atoms with Crippen LogP contribution >= 0.6 is 0 Å². The average Bonchev–Trinajstić information content (AvgIpc) is 2.54. The van der Waals surface area contributed by atoms with Crippen LogP contribution in [0.5, 0.6) is 0 Å². The summed E-state index contributed by atoms with van der Waals surface area (Å²) in [6, 6.07) is 19.2. The molecule has 0 fully saturated rings. The second-order valence-electron chi connectivity index (χ2n) is 5.59. The lowest BCUT2D eigenvalue weighted by molar-refractivity contribution is 0.937. The monoisotopic (exact) mass is 275 g/mol. The number of hydrogen-bond donors (Lipinski definition) is 1. The minimum Gasteiger partial charge on any atom is -0.381 e. The Morgan fingerprint density at radius 3 is 2.67 bits per heavy atom. The molecule has 1 heteroatoms. The Kier molecular flexibility index (Phi) is 4.20. The van der Waals surface area contributed by atoms with Gasteiger partial charge in [-0.15, -0.1) is 0 Å². The van der Waals surface area contributed by atoms with E-state index in [1.54, 1.807) is 0 Å². The van der Waals surface area contributed by atoms with Crippen LogP contribution in [0.25, 0.3) is 5.57 Å². The van der Waals surface area contributed by atoms with E-state index in [1.807, 2.05) is 0 Å². The molecular formula is C20H21N. The molecule has 1 N–H and O–H groups in total. The highest BCUT2D eigenvalue weighted by Crippen LogP contribution is 2.25. The van der Waals surface area contributed by atoms with Crippen LogP contribution in [-0.4, -0.2) is 6.54 Å². The Bertz CT molecular complexity index is 665. The van der Waals surface area contributed by atoms with Gasteiger partial charge >= 0.3 is 0 Å². The summed E-state index contributed by atoms with van der Waals surface area (Å²) in [4.78, 5) is 0. The van der Waals surface area contributed by atoms with Crippen molar-refractivity contribution in [3.05, 3.63) is 83.4 Å². The second kappa shape index (κ2) is 6.45. The van der Waals surface area contributed by atoms with Gasteiger partial charge < -0.3 is 5.32 Å². The topological polar surface area (TPSA) is 12.0 Å². The van der Waals surface area contributed by atoms with E-state index in [-0.39, 0.29) is 0 Å². The Morgan fingerprint density at radius 1 is 1.00 bits per heavy atom. The Morgan fingerprint density at radius 2 is 1.86 bits per heavy atom. The van der Waals surface area contributed by atoms with Crippen molar-refractivity contribution < 1.29 is 0 Å². The molecule has 0 atom stereocenters. The zero-order valence-electron chi connectivity index (χ0n) is 12.5. The van der Waals surface area contributed by atoms with Crippen molar-refractivity contribution >= 4 is 11.3 Å². The van der Waals surface area contributed by atoms with Gasteiger partial charge in [-0.1, -0.05) is 60.2 Å². The number of aryl methyl sites for hydroxylation is 1. The summed E-state index contributed by atoms with van der Waals surface area (Å²) in [6.45, 7) is 3.05. The highest BCUT2D eigenvalue weighted by molar-refractivity contribution is 5.75. The Balaban J connectivity index is 1.69. The molecule has 0 aromatic heterocycles. The zero-order chi connectivity index (χ0) is 14.5. The van der Waals surface area contributed by atoms with Gasteiger partial charge in [0, 0.05) is 12.2 Å². The maximum Gasteiger partial charge on any atom is 0.0363 e. The Labute approximate surface area is 127 Å². The molecule has 0 bridgehead atoms. The molecule has 0 amide bonds. The van der Waals surface area contributed by atoms with E-state index in [4.69, 9.17) is 0 Å². The fourth-order valence-electron chi connectivity index (χ4n) is 2.71. The van der Waals surface area contributed by atoms with Crippen LogP contribution in [0.4, 0.5) is 5.69 Å². The highest BCUT2D eigenvalue weighted by Gasteiger charge is 2.07. The summed E-state index contributed by atoms with van der Waals surface area (Å²) in [7, 11) is 0. The first-order chi connectivity index (χ1) is 10.3. The minimum atomic E-state index is 0.924. The molecule has 0 aliphatic heterocycles. The van der Waals surface area contributed by atoms with Gasteiger partial charge in [0.2, 0.25) is 0 Å². The lowest BCUT2D eigenvalue weighted by atomic mass is 9.94. The molecule has 106 valence electrons. The molecule has 21 heavy (non-hydrogen) atoms. The Hall–Kier alpha value is -2.28. The van der Waals surface area contributed by atoms with E-state index >= 15 is 0 Å². The smallest absolute Gasteiger partial charge is 0.0363 e. The SMILES string of the molecule is Cc1cccc(NCC2=CC(c3ccccc3)=CCC2)c1. The lowest BCUT2D eigenvalue weighted by Gasteiger charge is -2.16. The van der Waals surface area contributed by atoms with Gasteiger partial charge in [-0.05, 0) is 48.6 Å². The summed E-state index contributed by atoms with van der Waals surface area (Å²) < 4.78 is 0. The van der Waals surface area contributed by atoms with Crippen molar-refractivity contribution in [2.75, 3.05) is 11.9 Å². The standard InChI is InChI=1S/C20H21N/c1-16-7-5-12-20(13-16)21-15-17-8-6-11-19(14-17)18-9-3-2-4-10-18/h2-5,7,9-14,21H,6,8,15H2,1H3. The third-order valence-corrected chi connectivity index (χ3v) is 3.83. The van der Waals surface area contributed by atoms with Gasteiger partial charge in [0.05, 0.1) is 0 Å². The maximum atomic E-state index is 3.53. The third-order valence-electron chi connectivity index (χ3n) is 3.83. The van der Waals surface area contributed by atoms with Gasteiger partial charge in [0.1, 0.15) is 0 Å².